The summed E-state index contributed by atoms with van der Waals surface area (Å²) < 4.78 is 28.9. The van der Waals surface area contributed by atoms with Gasteiger partial charge >= 0.3 is 5.97 Å². The summed E-state index contributed by atoms with van der Waals surface area (Å²) in [6, 6.07) is 0. The molecule has 7 heteroatoms. The molecule has 0 radical (unpaired) electrons. The van der Waals surface area contributed by atoms with Crippen LogP contribution in [0.3, 0.4) is 0 Å². The Bertz CT molecular complexity index is 367. The fraction of sp³-hybridized carbons (Fsp3) is 0.900. The van der Waals surface area contributed by atoms with E-state index in [0.717, 1.165) is 6.54 Å². The van der Waals surface area contributed by atoms with Crippen molar-refractivity contribution in [3.05, 3.63) is 0 Å². The quantitative estimate of drug-likeness (QED) is 0.718. The lowest BCUT2D eigenvalue weighted by Crippen LogP contribution is -2.44. The maximum Gasteiger partial charge on any atom is 0.307 e. The van der Waals surface area contributed by atoms with E-state index in [1.807, 2.05) is 11.9 Å². The molecule has 100 valence electrons. The van der Waals surface area contributed by atoms with Crippen molar-refractivity contribution < 1.29 is 23.1 Å². The Morgan fingerprint density at radius 3 is 2.76 bits per heavy atom. The van der Waals surface area contributed by atoms with Gasteiger partial charge in [-0.3, -0.25) is 4.79 Å². The van der Waals surface area contributed by atoms with Crippen LogP contribution in [0.2, 0.25) is 0 Å². The van der Waals surface area contributed by atoms with Crippen molar-refractivity contribution in [3.8, 4) is 0 Å². The number of sulfone groups is 1. The lowest BCUT2D eigenvalue weighted by Gasteiger charge is -2.29. The molecule has 1 rings (SSSR count). The normalized spacial score (nSPS) is 24.5. The number of aliphatic carboxylic acids is 1. The zero-order valence-electron chi connectivity index (χ0n) is 10.1. The van der Waals surface area contributed by atoms with Gasteiger partial charge in [0.15, 0.2) is 9.84 Å². The van der Waals surface area contributed by atoms with Crippen LogP contribution in [0.15, 0.2) is 0 Å². The van der Waals surface area contributed by atoms with Crippen LogP contribution in [-0.4, -0.2) is 68.7 Å². The van der Waals surface area contributed by atoms with Gasteiger partial charge in [0.05, 0.1) is 30.1 Å². The van der Waals surface area contributed by atoms with Gasteiger partial charge in [-0.25, -0.2) is 8.42 Å². The summed E-state index contributed by atoms with van der Waals surface area (Å²) in [5.74, 6) is -2.39. The summed E-state index contributed by atoms with van der Waals surface area (Å²) in [5.41, 5.74) is 0. The number of carboxylic acids is 1. The molecule has 0 aliphatic carbocycles. The molecular weight excluding hydrogens is 246 g/mol. The third kappa shape index (κ3) is 5.01. The summed E-state index contributed by atoms with van der Waals surface area (Å²) >= 11 is 0. The SMILES string of the molecule is CC(CS(=O)(=O)CC1CN(C)CCO1)C(=O)O. The van der Waals surface area contributed by atoms with Gasteiger partial charge in [0.1, 0.15) is 0 Å². The highest BCUT2D eigenvalue weighted by Gasteiger charge is 2.27. The standard InChI is InChI=1S/C10H19NO5S/c1-8(10(12)13)6-17(14,15)7-9-5-11(2)3-4-16-9/h8-9H,3-7H2,1-2H3,(H,12,13). The summed E-state index contributed by atoms with van der Waals surface area (Å²) in [4.78, 5) is 12.6. The molecule has 0 aromatic carbocycles. The highest BCUT2D eigenvalue weighted by atomic mass is 32.2. The Balaban J connectivity index is 2.51. The maximum absolute atomic E-state index is 11.8. The molecule has 1 saturated heterocycles. The highest BCUT2D eigenvalue weighted by Crippen LogP contribution is 2.09. The topological polar surface area (TPSA) is 83.9 Å². The smallest absolute Gasteiger partial charge is 0.307 e. The van der Waals surface area contributed by atoms with Crippen molar-refractivity contribution in [2.75, 3.05) is 38.2 Å². The zero-order chi connectivity index (χ0) is 13.1. The van der Waals surface area contributed by atoms with E-state index < -0.39 is 21.7 Å². The average Bonchev–Trinajstić information content (AvgIpc) is 2.15. The van der Waals surface area contributed by atoms with E-state index in [2.05, 4.69) is 0 Å². The number of likely N-dealkylation sites (N-methyl/N-ethyl adjacent to an activating group) is 1. The highest BCUT2D eigenvalue weighted by molar-refractivity contribution is 7.91. The van der Waals surface area contributed by atoms with Crippen molar-refractivity contribution in [1.82, 2.24) is 4.90 Å². The minimum absolute atomic E-state index is 0.102. The lowest BCUT2D eigenvalue weighted by atomic mass is 10.2. The Hall–Kier alpha value is -0.660. The second-order valence-electron chi connectivity index (χ2n) is 4.57. The second-order valence-corrected chi connectivity index (χ2v) is 6.73. The van der Waals surface area contributed by atoms with Crippen LogP contribution >= 0.6 is 0 Å². The largest absolute Gasteiger partial charge is 0.481 e. The van der Waals surface area contributed by atoms with E-state index in [9.17, 15) is 13.2 Å². The van der Waals surface area contributed by atoms with Crippen molar-refractivity contribution in [3.63, 3.8) is 0 Å². The molecule has 0 aromatic heterocycles. The van der Waals surface area contributed by atoms with Crippen molar-refractivity contribution in [1.29, 1.82) is 0 Å². The van der Waals surface area contributed by atoms with Crippen LogP contribution in [0.4, 0.5) is 0 Å². The van der Waals surface area contributed by atoms with Gasteiger partial charge in [-0.2, -0.15) is 0 Å². The van der Waals surface area contributed by atoms with Crippen LogP contribution in [0.1, 0.15) is 6.92 Å². The van der Waals surface area contributed by atoms with Gasteiger partial charge in [-0.15, -0.1) is 0 Å². The van der Waals surface area contributed by atoms with E-state index in [-0.39, 0.29) is 17.6 Å². The number of carboxylic acid groups (broad SMARTS) is 1. The minimum atomic E-state index is -3.38. The molecule has 1 N–H and O–H groups in total. The Labute approximate surface area is 101 Å². The first-order chi connectivity index (χ1) is 7.80. The van der Waals surface area contributed by atoms with Crippen LogP contribution in [0, 0.1) is 5.92 Å². The molecule has 1 heterocycles. The van der Waals surface area contributed by atoms with E-state index in [1.165, 1.54) is 6.92 Å². The van der Waals surface area contributed by atoms with E-state index in [1.54, 1.807) is 0 Å². The predicted molar refractivity (Wildman–Crippen MR) is 62.7 cm³/mol. The van der Waals surface area contributed by atoms with Gasteiger partial charge in [0, 0.05) is 13.1 Å². The van der Waals surface area contributed by atoms with E-state index in [0.29, 0.717) is 13.2 Å². The molecule has 1 aliphatic heterocycles. The van der Waals surface area contributed by atoms with Gasteiger partial charge in [-0.05, 0) is 7.05 Å². The zero-order valence-corrected chi connectivity index (χ0v) is 10.9. The summed E-state index contributed by atoms with van der Waals surface area (Å²) in [7, 11) is -1.48. The fourth-order valence-electron chi connectivity index (χ4n) is 1.77. The number of hydrogen-bond acceptors (Lipinski definition) is 5. The number of morpholine rings is 1. The first-order valence-corrected chi connectivity index (χ1v) is 7.35. The van der Waals surface area contributed by atoms with Crippen LogP contribution in [-0.2, 0) is 19.4 Å². The third-order valence-corrected chi connectivity index (χ3v) is 4.59. The molecule has 0 spiro atoms. The monoisotopic (exact) mass is 265 g/mol. The van der Waals surface area contributed by atoms with E-state index in [4.69, 9.17) is 9.84 Å². The third-order valence-electron chi connectivity index (χ3n) is 2.71. The van der Waals surface area contributed by atoms with Gasteiger partial charge in [-0.1, -0.05) is 6.92 Å². The molecule has 0 amide bonds. The van der Waals surface area contributed by atoms with E-state index >= 15 is 0 Å². The van der Waals surface area contributed by atoms with Crippen LogP contribution in [0.25, 0.3) is 0 Å². The molecule has 2 unspecified atom stereocenters. The van der Waals surface area contributed by atoms with Gasteiger partial charge < -0.3 is 14.7 Å². The molecule has 1 fully saturated rings. The first kappa shape index (κ1) is 14.4. The summed E-state index contributed by atoms with van der Waals surface area (Å²) in [5, 5.41) is 8.69. The molecule has 17 heavy (non-hydrogen) atoms. The second kappa shape index (κ2) is 5.79. The number of carbonyl (C=O) groups is 1. The molecule has 0 bridgehead atoms. The van der Waals surface area contributed by atoms with Crippen molar-refractivity contribution >= 4 is 15.8 Å². The van der Waals surface area contributed by atoms with Gasteiger partial charge in [0.25, 0.3) is 0 Å². The maximum atomic E-state index is 11.8. The lowest BCUT2D eigenvalue weighted by molar-refractivity contribution is -0.140. The van der Waals surface area contributed by atoms with Crippen LogP contribution < -0.4 is 0 Å². The molecule has 0 aromatic rings. The number of hydrogen-bond donors (Lipinski definition) is 1. The predicted octanol–water partition coefficient (Wildman–Crippen LogP) is -0.547. The minimum Gasteiger partial charge on any atom is -0.481 e. The Morgan fingerprint density at radius 2 is 2.24 bits per heavy atom. The van der Waals surface area contributed by atoms with Crippen molar-refractivity contribution in [2.24, 2.45) is 5.92 Å². The summed E-state index contributed by atoms with van der Waals surface area (Å²) in [6.45, 7) is 3.28. The molecule has 2 atom stereocenters. The number of rotatable bonds is 5. The summed E-state index contributed by atoms with van der Waals surface area (Å²) in [6.07, 6.45) is -0.347. The molecule has 1 aliphatic rings. The number of ether oxygens (including phenoxy) is 1. The molecule has 0 saturated carbocycles. The molecule has 6 nitrogen and oxygen atoms in total. The first-order valence-electron chi connectivity index (χ1n) is 5.53. The fourth-order valence-corrected chi connectivity index (χ4v) is 3.58. The molecular formula is C10H19NO5S. The number of nitrogens with zero attached hydrogens (tertiary/aromatic N) is 1. The Morgan fingerprint density at radius 1 is 1.59 bits per heavy atom. The van der Waals surface area contributed by atoms with Gasteiger partial charge in [0.2, 0.25) is 0 Å². The van der Waals surface area contributed by atoms with Crippen molar-refractivity contribution in [2.45, 2.75) is 13.0 Å². The average molecular weight is 265 g/mol. The Kier molecular flexibility index (Phi) is 4.91. The van der Waals surface area contributed by atoms with Crippen LogP contribution in [0.5, 0.6) is 0 Å².